The van der Waals surface area contributed by atoms with Crippen molar-refractivity contribution in [1.82, 2.24) is 4.90 Å². The molecule has 1 aromatic carbocycles. The fraction of sp³-hybridized carbons (Fsp3) is 0.400. The van der Waals surface area contributed by atoms with E-state index in [0.29, 0.717) is 18.0 Å². The molecule has 1 unspecified atom stereocenters. The number of allylic oxidation sites excluding steroid dienone is 1. The first-order valence-corrected chi connectivity index (χ1v) is 7.15. The van der Waals surface area contributed by atoms with Gasteiger partial charge >= 0.3 is 0 Å². The number of carbonyl (C=O) groups excluding carboxylic acids is 1. The molecular formula is C15H17N3O4. The van der Waals surface area contributed by atoms with E-state index in [4.69, 9.17) is 4.74 Å². The van der Waals surface area contributed by atoms with Crippen LogP contribution in [-0.2, 0) is 4.79 Å². The summed E-state index contributed by atoms with van der Waals surface area (Å²) in [5.41, 5.74) is 0.422. The second kappa shape index (κ2) is 5.67. The molecule has 1 fully saturated rings. The molecule has 0 spiro atoms. The number of anilines is 1. The van der Waals surface area contributed by atoms with E-state index in [-0.39, 0.29) is 24.2 Å². The Morgan fingerprint density at radius 1 is 1.41 bits per heavy atom. The highest BCUT2D eigenvalue weighted by atomic mass is 16.6. The number of hydrogen-bond donors (Lipinski definition) is 0. The van der Waals surface area contributed by atoms with Crippen LogP contribution in [0.5, 0.6) is 5.75 Å². The first kappa shape index (κ1) is 14.4. The lowest BCUT2D eigenvalue weighted by Gasteiger charge is -2.42. The summed E-state index contributed by atoms with van der Waals surface area (Å²) < 4.78 is 5.27. The zero-order valence-corrected chi connectivity index (χ0v) is 12.3. The average molecular weight is 303 g/mol. The molecule has 0 radical (unpaired) electrons. The molecule has 22 heavy (non-hydrogen) atoms. The number of nitro benzene ring substituents is 1. The summed E-state index contributed by atoms with van der Waals surface area (Å²) in [5, 5.41) is 11.0. The highest BCUT2D eigenvalue weighted by Gasteiger charge is 2.33. The molecule has 0 bridgehead atoms. The summed E-state index contributed by atoms with van der Waals surface area (Å²) in [6.45, 7) is 0.799. The third kappa shape index (κ3) is 2.49. The van der Waals surface area contributed by atoms with Crippen molar-refractivity contribution >= 4 is 17.3 Å². The highest BCUT2D eigenvalue weighted by Crippen LogP contribution is 2.34. The number of nitrogens with zero attached hydrogens (tertiary/aromatic N) is 3. The van der Waals surface area contributed by atoms with Gasteiger partial charge in [-0.3, -0.25) is 14.9 Å². The van der Waals surface area contributed by atoms with Gasteiger partial charge in [0, 0.05) is 24.7 Å². The van der Waals surface area contributed by atoms with Gasteiger partial charge in [-0.25, -0.2) is 0 Å². The summed E-state index contributed by atoms with van der Waals surface area (Å²) in [4.78, 5) is 26.6. The van der Waals surface area contributed by atoms with E-state index in [1.54, 1.807) is 4.90 Å². The van der Waals surface area contributed by atoms with Gasteiger partial charge in [0.05, 0.1) is 24.3 Å². The lowest BCUT2D eigenvalue weighted by molar-refractivity contribution is -0.384. The van der Waals surface area contributed by atoms with Crippen molar-refractivity contribution in [3.63, 3.8) is 0 Å². The van der Waals surface area contributed by atoms with Crippen molar-refractivity contribution in [3.05, 3.63) is 40.6 Å². The summed E-state index contributed by atoms with van der Waals surface area (Å²) in [6.07, 6.45) is 5.98. The monoisotopic (exact) mass is 303 g/mol. The van der Waals surface area contributed by atoms with Crippen LogP contribution in [0, 0.1) is 10.1 Å². The maximum absolute atomic E-state index is 12.4. The molecule has 7 heteroatoms. The molecular weight excluding hydrogens is 286 g/mol. The third-order valence-corrected chi connectivity index (χ3v) is 4.11. The largest absolute Gasteiger partial charge is 0.495 e. The van der Waals surface area contributed by atoms with Gasteiger partial charge in [-0.05, 0) is 25.1 Å². The summed E-state index contributed by atoms with van der Waals surface area (Å²) in [5.74, 6) is 0.389. The molecule has 116 valence electrons. The molecule has 1 amide bonds. The van der Waals surface area contributed by atoms with E-state index in [2.05, 4.69) is 6.08 Å². The second-order valence-electron chi connectivity index (χ2n) is 5.41. The SMILES string of the molecule is COc1ccc([N+](=O)[O-])cc1N1CC2CCC=CN2CC1=O. The van der Waals surface area contributed by atoms with Crippen molar-refractivity contribution in [2.75, 3.05) is 25.1 Å². The molecule has 7 nitrogen and oxygen atoms in total. The molecule has 1 atom stereocenters. The number of piperazine rings is 1. The Kier molecular flexibility index (Phi) is 3.70. The van der Waals surface area contributed by atoms with Gasteiger partial charge in [0.15, 0.2) is 0 Å². The van der Waals surface area contributed by atoms with Crippen molar-refractivity contribution in [1.29, 1.82) is 0 Å². The summed E-state index contributed by atoms with van der Waals surface area (Å²) in [6, 6.07) is 4.57. The Bertz CT molecular complexity index is 644. The molecule has 0 aliphatic carbocycles. The van der Waals surface area contributed by atoms with Gasteiger partial charge in [0.25, 0.3) is 5.69 Å². The molecule has 1 saturated heterocycles. The number of non-ortho nitro benzene ring substituents is 1. The minimum Gasteiger partial charge on any atom is -0.495 e. The molecule has 2 aliphatic rings. The smallest absolute Gasteiger partial charge is 0.271 e. The van der Waals surface area contributed by atoms with Crippen molar-refractivity contribution in [2.24, 2.45) is 0 Å². The Hall–Kier alpha value is -2.57. The Morgan fingerprint density at radius 2 is 2.23 bits per heavy atom. The van der Waals surface area contributed by atoms with Gasteiger partial charge in [0.2, 0.25) is 5.91 Å². The van der Waals surface area contributed by atoms with Crippen LogP contribution in [0.1, 0.15) is 12.8 Å². The van der Waals surface area contributed by atoms with Crippen LogP contribution in [0.15, 0.2) is 30.5 Å². The van der Waals surface area contributed by atoms with Gasteiger partial charge in [-0.1, -0.05) is 6.08 Å². The van der Waals surface area contributed by atoms with Crippen molar-refractivity contribution in [3.8, 4) is 5.75 Å². The van der Waals surface area contributed by atoms with Crippen molar-refractivity contribution in [2.45, 2.75) is 18.9 Å². The molecule has 2 aliphatic heterocycles. The summed E-state index contributed by atoms with van der Waals surface area (Å²) >= 11 is 0. The van der Waals surface area contributed by atoms with Crippen LogP contribution in [0.25, 0.3) is 0 Å². The van der Waals surface area contributed by atoms with Crippen LogP contribution in [-0.4, -0.2) is 42.0 Å². The Labute approximate surface area is 127 Å². The van der Waals surface area contributed by atoms with Gasteiger partial charge in [-0.2, -0.15) is 0 Å². The van der Waals surface area contributed by atoms with Crippen LogP contribution in [0.4, 0.5) is 11.4 Å². The number of amides is 1. The van der Waals surface area contributed by atoms with E-state index in [1.807, 2.05) is 11.1 Å². The third-order valence-electron chi connectivity index (χ3n) is 4.11. The zero-order chi connectivity index (χ0) is 15.7. The lowest BCUT2D eigenvalue weighted by atomic mass is 10.0. The first-order chi connectivity index (χ1) is 10.6. The van der Waals surface area contributed by atoms with Gasteiger partial charge < -0.3 is 14.5 Å². The topological polar surface area (TPSA) is 75.9 Å². The minimum absolute atomic E-state index is 0.0467. The van der Waals surface area contributed by atoms with E-state index < -0.39 is 4.92 Å². The zero-order valence-electron chi connectivity index (χ0n) is 12.3. The maximum atomic E-state index is 12.4. The van der Waals surface area contributed by atoms with Crippen LogP contribution in [0.2, 0.25) is 0 Å². The standard InChI is InChI=1S/C15H17N3O4/c1-22-14-6-5-11(18(20)21)8-13(14)17-9-12-4-2-3-7-16(12)10-15(17)19/h3,5-8,12H,2,4,9-10H2,1H3. The normalized spacial score (nSPS) is 20.8. The maximum Gasteiger partial charge on any atom is 0.271 e. The highest BCUT2D eigenvalue weighted by molar-refractivity contribution is 5.97. The molecule has 0 N–H and O–H groups in total. The Morgan fingerprint density at radius 3 is 2.95 bits per heavy atom. The number of carbonyl (C=O) groups is 1. The summed E-state index contributed by atoms with van der Waals surface area (Å²) in [7, 11) is 1.49. The number of rotatable bonds is 3. The first-order valence-electron chi connectivity index (χ1n) is 7.15. The molecule has 0 saturated carbocycles. The predicted octanol–water partition coefficient (Wildman–Crippen LogP) is 1.93. The quantitative estimate of drug-likeness (QED) is 0.630. The fourth-order valence-corrected chi connectivity index (χ4v) is 2.95. The minimum atomic E-state index is -0.465. The number of methoxy groups -OCH3 is 1. The fourth-order valence-electron chi connectivity index (χ4n) is 2.95. The number of fused-ring (bicyclic) bond motifs is 1. The number of ether oxygens (including phenoxy) is 1. The van der Waals surface area contributed by atoms with E-state index in [0.717, 1.165) is 12.8 Å². The molecule has 0 aromatic heterocycles. The van der Waals surface area contributed by atoms with Gasteiger partial charge in [-0.15, -0.1) is 0 Å². The van der Waals surface area contributed by atoms with Gasteiger partial charge in [0.1, 0.15) is 5.75 Å². The predicted molar refractivity (Wildman–Crippen MR) is 80.9 cm³/mol. The number of nitro groups is 1. The lowest BCUT2D eigenvalue weighted by Crippen LogP contribution is -2.55. The molecule has 1 aromatic rings. The Balaban J connectivity index is 1.95. The van der Waals surface area contributed by atoms with Crippen molar-refractivity contribution < 1.29 is 14.5 Å². The molecule has 3 rings (SSSR count). The average Bonchev–Trinajstić information content (AvgIpc) is 2.53. The van der Waals surface area contributed by atoms with E-state index in [9.17, 15) is 14.9 Å². The second-order valence-corrected chi connectivity index (χ2v) is 5.41. The van der Waals surface area contributed by atoms with Crippen LogP contribution in [0.3, 0.4) is 0 Å². The van der Waals surface area contributed by atoms with E-state index >= 15 is 0 Å². The van der Waals surface area contributed by atoms with E-state index in [1.165, 1.54) is 25.3 Å². The van der Waals surface area contributed by atoms with Crippen LogP contribution < -0.4 is 9.64 Å². The van der Waals surface area contributed by atoms with Crippen LogP contribution >= 0.6 is 0 Å². The number of benzene rings is 1. The number of hydrogen-bond acceptors (Lipinski definition) is 5. The molecule has 2 heterocycles.